The fourth-order valence-corrected chi connectivity index (χ4v) is 2.57. The normalized spacial score (nSPS) is 25.1. The molecule has 0 aromatic heterocycles. The molecular formula is C8H16BrNO3S. The molecule has 1 rings (SSSR count). The van der Waals surface area contributed by atoms with Crippen molar-refractivity contribution >= 4 is 25.8 Å². The van der Waals surface area contributed by atoms with Crippen molar-refractivity contribution in [3.8, 4) is 0 Å². The number of nitrogens with zero attached hydrogens (tertiary/aromatic N) is 1. The van der Waals surface area contributed by atoms with Crippen LogP contribution in [0.4, 0.5) is 0 Å². The van der Waals surface area contributed by atoms with Gasteiger partial charge in [0.25, 0.3) is 0 Å². The summed E-state index contributed by atoms with van der Waals surface area (Å²) < 4.78 is 27.3. The molecule has 0 N–H and O–H groups in total. The van der Waals surface area contributed by atoms with E-state index in [1.807, 2.05) is 0 Å². The highest BCUT2D eigenvalue weighted by molar-refractivity contribution is 9.09. The molecular weight excluding hydrogens is 270 g/mol. The maximum absolute atomic E-state index is 11.0. The van der Waals surface area contributed by atoms with Crippen LogP contribution in [0.15, 0.2) is 0 Å². The number of morpholine rings is 1. The van der Waals surface area contributed by atoms with Gasteiger partial charge in [-0.15, -0.1) is 0 Å². The molecule has 6 heteroatoms. The van der Waals surface area contributed by atoms with Crippen LogP contribution >= 0.6 is 15.9 Å². The molecule has 1 fully saturated rings. The van der Waals surface area contributed by atoms with Crippen LogP contribution in [0.25, 0.3) is 0 Å². The van der Waals surface area contributed by atoms with E-state index in [1.165, 1.54) is 6.26 Å². The first-order chi connectivity index (χ1) is 6.53. The van der Waals surface area contributed by atoms with Crippen molar-refractivity contribution < 1.29 is 13.2 Å². The van der Waals surface area contributed by atoms with Crippen LogP contribution in [0.2, 0.25) is 0 Å². The van der Waals surface area contributed by atoms with Gasteiger partial charge in [0.2, 0.25) is 0 Å². The summed E-state index contributed by atoms with van der Waals surface area (Å²) in [5, 5.41) is 0.830. The molecule has 1 atom stereocenters. The van der Waals surface area contributed by atoms with E-state index in [0.29, 0.717) is 25.8 Å². The Morgan fingerprint density at radius 1 is 1.57 bits per heavy atom. The topological polar surface area (TPSA) is 46.6 Å². The Morgan fingerprint density at radius 2 is 2.29 bits per heavy atom. The molecule has 0 aliphatic carbocycles. The van der Waals surface area contributed by atoms with E-state index in [2.05, 4.69) is 20.8 Å². The van der Waals surface area contributed by atoms with Crippen molar-refractivity contribution in [1.82, 2.24) is 4.90 Å². The van der Waals surface area contributed by atoms with E-state index >= 15 is 0 Å². The van der Waals surface area contributed by atoms with E-state index in [4.69, 9.17) is 4.74 Å². The monoisotopic (exact) mass is 285 g/mol. The number of rotatable bonds is 4. The minimum Gasteiger partial charge on any atom is -0.378 e. The summed E-state index contributed by atoms with van der Waals surface area (Å²) in [6.45, 7) is 2.83. The Kier molecular flexibility index (Phi) is 4.82. The second kappa shape index (κ2) is 5.44. The average molecular weight is 286 g/mol. The smallest absolute Gasteiger partial charge is 0.148 e. The molecule has 0 saturated carbocycles. The zero-order chi connectivity index (χ0) is 10.6. The molecule has 1 aliphatic rings. The fraction of sp³-hybridized carbons (Fsp3) is 1.00. The van der Waals surface area contributed by atoms with Gasteiger partial charge in [0.15, 0.2) is 0 Å². The first-order valence-corrected chi connectivity index (χ1v) is 7.76. The Bertz CT molecular complexity index is 268. The lowest BCUT2D eigenvalue weighted by Gasteiger charge is -2.34. The van der Waals surface area contributed by atoms with E-state index < -0.39 is 9.84 Å². The summed E-state index contributed by atoms with van der Waals surface area (Å²) >= 11 is 3.40. The van der Waals surface area contributed by atoms with Crippen LogP contribution in [-0.4, -0.2) is 63.0 Å². The van der Waals surface area contributed by atoms with Gasteiger partial charge >= 0.3 is 0 Å². The number of ether oxygens (including phenoxy) is 1. The Morgan fingerprint density at radius 3 is 2.86 bits per heavy atom. The summed E-state index contributed by atoms with van der Waals surface area (Å²) in [7, 11) is -2.85. The second-order valence-corrected chi connectivity index (χ2v) is 6.46. The van der Waals surface area contributed by atoms with E-state index in [9.17, 15) is 8.42 Å². The first-order valence-electron chi connectivity index (χ1n) is 4.58. The van der Waals surface area contributed by atoms with Crippen LogP contribution in [0.3, 0.4) is 0 Å². The lowest BCUT2D eigenvalue weighted by molar-refractivity contribution is 0.00504. The summed E-state index contributed by atoms with van der Waals surface area (Å²) in [6.07, 6.45) is 1.27. The van der Waals surface area contributed by atoms with Crippen LogP contribution in [0, 0.1) is 0 Å². The maximum atomic E-state index is 11.0. The minimum atomic E-state index is -2.85. The largest absolute Gasteiger partial charge is 0.378 e. The summed E-state index contributed by atoms with van der Waals surface area (Å²) in [6, 6.07) is 0.311. The number of halogens is 1. The average Bonchev–Trinajstić information content (AvgIpc) is 2.14. The van der Waals surface area contributed by atoms with Gasteiger partial charge in [0.05, 0.1) is 19.0 Å². The highest BCUT2D eigenvalue weighted by Gasteiger charge is 2.22. The van der Waals surface area contributed by atoms with Gasteiger partial charge in [0.1, 0.15) is 9.84 Å². The van der Waals surface area contributed by atoms with Gasteiger partial charge in [-0.25, -0.2) is 8.42 Å². The van der Waals surface area contributed by atoms with Crippen LogP contribution in [0.1, 0.15) is 0 Å². The molecule has 0 aromatic rings. The van der Waals surface area contributed by atoms with Crippen molar-refractivity contribution in [3.05, 3.63) is 0 Å². The predicted octanol–water partition coefficient (Wildman–Crippen LogP) is 0.127. The third kappa shape index (κ3) is 4.25. The zero-order valence-electron chi connectivity index (χ0n) is 8.28. The SMILES string of the molecule is CS(=O)(=O)CCN1CCOCC1CBr. The molecule has 4 nitrogen and oxygen atoms in total. The third-order valence-electron chi connectivity index (χ3n) is 2.28. The number of sulfone groups is 1. The van der Waals surface area contributed by atoms with Gasteiger partial charge in [-0.05, 0) is 0 Å². The second-order valence-electron chi connectivity index (χ2n) is 3.55. The Hall–Kier alpha value is 0.350. The minimum absolute atomic E-state index is 0.233. The first kappa shape index (κ1) is 12.4. The highest BCUT2D eigenvalue weighted by Crippen LogP contribution is 2.09. The molecule has 0 amide bonds. The molecule has 0 aromatic carbocycles. The Balaban J connectivity index is 2.41. The van der Waals surface area contributed by atoms with Gasteiger partial charge < -0.3 is 4.74 Å². The molecule has 1 aliphatic heterocycles. The number of alkyl halides is 1. The molecule has 0 radical (unpaired) electrons. The lowest BCUT2D eigenvalue weighted by atomic mass is 10.2. The van der Waals surface area contributed by atoms with Crippen molar-refractivity contribution in [2.45, 2.75) is 6.04 Å². The molecule has 84 valence electrons. The number of hydrogen-bond acceptors (Lipinski definition) is 4. The van der Waals surface area contributed by atoms with E-state index in [1.54, 1.807) is 0 Å². The predicted molar refractivity (Wildman–Crippen MR) is 59.7 cm³/mol. The van der Waals surface area contributed by atoms with Crippen LogP contribution in [0.5, 0.6) is 0 Å². The van der Waals surface area contributed by atoms with Crippen molar-refractivity contribution in [1.29, 1.82) is 0 Å². The van der Waals surface area contributed by atoms with Gasteiger partial charge in [-0.3, -0.25) is 4.90 Å². The maximum Gasteiger partial charge on any atom is 0.148 e. The molecule has 0 spiro atoms. The molecule has 1 unspecified atom stereocenters. The van der Waals surface area contributed by atoms with Crippen molar-refractivity contribution in [3.63, 3.8) is 0 Å². The summed E-state index contributed by atoms with van der Waals surface area (Å²) in [5.74, 6) is 0.233. The lowest BCUT2D eigenvalue weighted by Crippen LogP contribution is -2.48. The molecule has 14 heavy (non-hydrogen) atoms. The van der Waals surface area contributed by atoms with Gasteiger partial charge in [0, 0.05) is 30.7 Å². The zero-order valence-corrected chi connectivity index (χ0v) is 10.7. The van der Waals surface area contributed by atoms with Gasteiger partial charge in [-0.2, -0.15) is 0 Å². The molecule has 1 saturated heterocycles. The fourth-order valence-electron chi connectivity index (χ4n) is 1.41. The molecule has 0 bridgehead atoms. The van der Waals surface area contributed by atoms with Crippen LogP contribution in [-0.2, 0) is 14.6 Å². The van der Waals surface area contributed by atoms with Crippen molar-refractivity contribution in [2.75, 3.05) is 43.6 Å². The van der Waals surface area contributed by atoms with Gasteiger partial charge in [-0.1, -0.05) is 15.9 Å². The quantitative estimate of drug-likeness (QED) is 0.689. The van der Waals surface area contributed by atoms with E-state index in [-0.39, 0.29) is 5.75 Å². The summed E-state index contributed by atoms with van der Waals surface area (Å²) in [4.78, 5) is 2.17. The highest BCUT2D eigenvalue weighted by atomic mass is 79.9. The van der Waals surface area contributed by atoms with Crippen LogP contribution < -0.4 is 0 Å². The summed E-state index contributed by atoms with van der Waals surface area (Å²) in [5.41, 5.74) is 0. The Labute approximate surface area is 93.7 Å². The standard InChI is InChI=1S/C8H16BrNO3S/c1-14(11,12)5-3-10-2-4-13-7-8(10)6-9/h8H,2-7H2,1H3. The van der Waals surface area contributed by atoms with Crippen molar-refractivity contribution in [2.24, 2.45) is 0 Å². The molecule has 1 heterocycles. The van der Waals surface area contributed by atoms with E-state index in [0.717, 1.165) is 11.9 Å². The number of hydrogen-bond donors (Lipinski definition) is 0. The third-order valence-corrected chi connectivity index (χ3v) is 3.95.